The standard InChI is InChI=1S/C6H13NO5/c8-1-2-3(9)4(10)5(11)6(12)7-2/h2-12H,1H2/t2-,3-,4+,5+,6+/m0/s1. The molecule has 1 heterocycles. The predicted molar refractivity (Wildman–Crippen MR) is 38.0 cm³/mol. The molecule has 0 aromatic rings. The highest BCUT2D eigenvalue weighted by Crippen LogP contribution is 2.13. The minimum atomic E-state index is -1.43. The van der Waals surface area contributed by atoms with E-state index in [0.717, 1.165) is 0 Å². The lowest BCUT2D eigenvalue weighted by atomic mass is 9.95. The van der Waals surface area contributed by atoms with Gasteiger partial charge in [0.15, 0.2) is 0 Å². The second-order valence-corrected chi connectivity index (χ2v) is 2.87. The molecule has 1 rings (SSSR count). The van der Waals surface area contributed by atoms with E-state index in [1.54, 1.807) is 0 Å². The Morgan fingerprint density at radius 1 is 0.917 bits per heavy atom. The van der Waals surface area contributed by atoms with Gasteiger partial charge in [-0.05, 0) is 0 Å². The molecule has 0 bridgehead atoms. The molecule has 0 aromatic heterocycles. The van der Waals surface area contributed by atoms with E-state index >= 15 is 0 Å². The summed E-state index contributed by atoms with van der Waals surface area (Å²) in [4.78, 5) is 0. The second-order valence-electron chi connectivity index (χ2n) is 2.87. The Bertz CT molecular complexity index is 150. The quantitative estimate of drug-likeness (QED) is 0.247. The minimum absolute atomic E-state index is 0.415. The van der Waals surface area contributed by atoms with E-state index in [9.17, 15) is 5.11 Å². The normalized spacial score (nSPS) is 49.2. The lowest BCUT2D eigenvalue weighted by Gasteiger charge is -2.38. The number of hydrogen-bond donors (Lipinski definition) is 6. The highest BCUT2D eigenvalue weighted by molar-refractivity contribution is 4.93. The van der Waals surface area contributed by atoms with Crippen LogP contribution in [0.4, 0.5) is 0 Å². The van der Waals surface area contributed by atoms with Crippen molar-refractivity contribution >= 4 is 0 Å². The average Bonchev–Trinajstić information content (AvgIpc) is 2.08. The van der Waals surface area contributed by atoms with Crippen molar-refractivity contribution in [2.75, 3.05) is 6.61 Å². The summed E-state index contributed by atoms with van der Waals surface area (Å²) in [6, 6.07) is -0.807. The van der Waals surface area contributed by atoms with Crippen molar-refractivity contribution in [2.45, 2.75) is 30.6 Å². The molecule has 0 amide bonds. The van der Waals surface area contributed by atoms with Crippen LogP contribution in [0.3, 0.4) is 0 Å². The third-order valence-corrected chi connectivity index (χ3v) is 2.02. The number of aliphatic hydroxyl groups is 5. The van der Waals surface area contributed by atoms with Crippen LogP contribution in [-0.4, -0.2) is 62.7 Å². The molecule has 0 saturated carbocycles. The third-order valence-electron chi connectivity index (χ3n) is 2.02. The molecule has 0 radical (unpaired) electrons. The van der Waals surface area contributed by atoms with E-state index in [4.69, 9.17) is 20.4 Å². The summed E-state index contributed by atoms with van der Waals surface area (Å²) in [6.07, 6.45) is -5.45. The molecular formula is C6H13NO5. The van der Waals surface area contributed by atoms with E-state index in [1.807, 2.05) is 0 Å². The first kappa shape index (κ1) is 9.85. The van der Waals surface area contributed by atoms with E-state index in [2.05, 4.69) is 5.32 Å². The van der Waals surface area contributed by atoms with Crippen molar-refractivity contribution in [3.05, 3.63) is 0 Å². The number of aliphatic hydroxyl groups excluding tert-OH is 5. The van der Waals surface area contributed by atoms with E-state index < -0.39 is 37.2 Å². The zero-order valence-corrected chi connectivity index (χ0v) is 6.33. The fourth-order valence-corrected chi connectivity index (χ4v) is 1.20. The summed E-state index contributed by atoms with van der Waals surface area (Å²) in [6.45, 7) is -0.415. The molecule has 1 aliphatic rings. The largest absolute Gasteiger partial charge is 0.395 e. The van der Waals surface area contributed by atoms with E-state index in [1.165, 1.54) is 0 Å². The maximum Gasteiger partial charge on any atom is 0.134 e. The summed E-state index contributed by atoms with van der Waals surface area (Å²) in [5, 5.41) is 47.3. The highest BCUT2D eigenvalue weighted by atomic mass is 16.4. The van der Waals surface area contributed by atoms with Gasteiger partial charge in [0.05, 0.1) is 12.6 Å². The molecule has 6 N–H and O–H groups in total. The van der Waals surface area contributed by atoms with Crippen LogP contribution in [-0.2, 0) is 0 Å². The summed E-state index contributed by atoms with van der Waals surface area (Å²) >= 11 is 0. The van der Waals surface area contributed by atoms with E-state index in [-0.39, 0.29) is 0 Å². The average molecular weight is 179 g/mol. The maximum atomic E-state index is 9.18. The lowest BCUT2D eigenvalue weighted by Crippen LogP contribution is -2.65. The molecule has 6 nitrogen and oxygen atoms in total. The minimum Gasteiger partial charge on any atom is -0.395 e. The van der Waals surface area contributed by atoms with Crippen LogP contribution < -0.4 is 5.32 Å². The van der Waals surface area contributed by atoms with Gasteiger partial charge in [-0.15, -0.1) is 0 Å². The Hall–Kier alpha value is -0.240. The molecule has 0 aromatic carbocycles. The zero-order valence-electron chi connectivity index (χ0n) is 6.33. The Balaban J connectivity index is 2.63. The van der Waals surface area contributed by atoms with Gasteiger partial charge in [-0.2, -0.15) is 0 Å². The maximum absolute atomic E-state index is 9.18. The highest BCUT2D eigenvalue weighted by Gasteiger charge is 2.40. The van der Waals surface area contributed by atoms with Crippen molar-refractivity contribution in [3.63, 3.8) is 0 Å². The van der Waals surface area contributed by atoms with Crippen LogP contribution in [0.2, 0.25) is 0 Å². The van der Waals surface area contributed by atoms with Gasteiger partial charge in [0.1, 0.15) is 24.5 Å². The third kappa shape index (κ3) is 1.58. The van der Waals surface area contributed by atoms with Crippen LogP contribution >= 0.6 is 0 Å². The van der Waals surface area contributed by atoms with Gasteiger partial charge in [0.2, 0.25) is 0 Å². The first-order chi connectivity index (χ1) is 5.57. The second kappa shape index (κ2) is 3.65. The molecule has 0 aliphatic carbocycles. The monoisotopic (exact) mass is 179 g/mol. The molecule has 6 heteroatoms. The van der Waals surface area contributed by atoms with Gasteiger partial charge in [-0.3, -0.25) is 5.32 Å². The Morgan fingerprint density at radius 2 is 1.50 bits per heavy atom. The molecular weight excluding hydrogens is 166 g/mol. The molecule has 12 heavy (non-hydrogen) atoms. The van der Waals surface area contributed by atoms with Gasteiger partial charge in [0, 0.05) is 0 Å². The molecule has 0 spiro atoms. The van der Waals surface area contributed by atoms with Crippen molar-refractivity contribution in [1.29, 1.82) is 0 Å². The van der Waals surface area contributed by atoms with Crippen molar-refractivity contribution in [1.82, 2.24) is 5.32 Å². The molecule has 1 saturated heterocycles. The summed E-state index contributed by atoms with van der Waals surface area (Å²) in [7, 11) is 0. The molecule has 0 unspecified atom stereocenters. The summed E-state index contributed by atoms with van der Waals surface area (Å²) in [5.74, 6) is 0. The lowest BCUT2D eigenvalue weighted by molar-refractivity contribution is -0.161. The fraction of sp³-hybridized carbons (Fsp3) is 1.00. The van der Waals surface area contributed by atoms with Crippen LogP contribution in [0.15, 0.2) is 0 Å². The Kier molecular flexibility index (Phi) is 2.99. The molecule has 1 aliphatic heterocycles. The number of rotatable bonds is 1. The first-order valence-electron chi connectivity index (χ1n) is 3.67. The molecule has 5 atom stereocenters. The van der Waals surface area contributed by atoms with Crippen molar-refractivity contribution in [2.24, 2.45) is 0 Å². The van der Waals surface area contributed by atoms with Gasteiger partial charge < -0.3 is 25.5 Å². The molecule has 1 fully saturated rings. The zero-order chi connectivity index (χ0) is 9.30. The summed E-state index contributed by atoms with van der Waals surface area (Å²) in [5.41, 5.74) is 0. The predicted octanol–water partition coefficient (Wildman–Crippen LogP) is -3.65. The van der Waals surface area contributed by atoms with Gasteiger partial charge in [-0.25, -0.2) is 0 Å². The van der Waals surface area contributed by atoms with Gasteiger partial charge in [-0.1, -0.05) is 0 Å². The van der Waals surface area contributed by atoms with E-state index in [0.29, 0.717) is 0 Å². The number of hydrogen-bond acceptors (Lipinski definition) is 6. The number of piperidine rings is 1. The Labute approximate surface area is 69.1 Å². The fourth-order valence-electron chi connectivity index (χ4n) is 1.20. The van der Waals surface area contributed by atoms with Gasteiger partial charge >= 0.3 is 0 Å². The topological polar surface area (TPSA) is 113 Å². The number of nitrogens with one attached hydrogen (secondary N) is 1. The Morgan fingerprint density at radius 3 is 2.00 bits per heavy atom. The molecule has 72 valence electrons. The van der Waals surface area contributed by atoms with Crippen molar-refractivity contribution in [3.8, 4) is 0 Å². The van der Waals surface area contributed by atoms with Crippen LogP contribution in [0.1, 0.15) is 0 Å². The summed E-state index contributed by atoms with van der Waals surface area (Å²) < 4.78 is 0. The van der Waals surface area contributed by atoms with Crippen molar-refractivity contribution < 1.29 is 25.5 Å². The van der Waals surface area contributed by atoms with Crippen LogP contribution in [0.5, 0.6) is 0 Å². The first-order valence-corrected chi connectivity index (χ1v) is 3.67. The SMILES string of the molecule is OC[C@@H]1N[C@H](O)[C@H](O)[C@H](O)[C@H]1O. The van der Waals surface area contributed by atoms with Crippen LogP contribution in [0.25, 0.3) is 0 Å². The van der Waals surface area contributed by atoms with Gasteiger partial charge in [0.25, 0.3) is 0 Å². The smallest absolute Gasteiger partial charge is 0.134 e. The van der Waals surface area contributed by atoms with Crippen LogP contribution in [0, 0.1) is 0 Å².